The Labute approximate surface area is 312 Å². The number of benzene rings is 3. The van der Waals surface area contributed by atoms with E-state index in [4.69, 9.17) is 28.4 Å². The molecule has 0 atom stereocenters. The van der Waals surface area contributed by atoms with Crippen molar-refractivity contribution < 1.29 is 71.6 Å². The molecule has 0 amide bonds. The second-order valence-corrected chi connectivity index (χ2v) is 10.7. The van der Waals surface area contributed by atoms with Gasteiger partial charge in [0.15, 0.2) is 19.8 Å². The van der Waals surface area contributed by atoms with Gasteiger partial charge in [-0.05, 0) is 36.4 Å². The largest absolute Gasteiger partial charge is 0.485 e. The zero-order valence-corrected chi connectivity index (χ0v) is 29.1. The van der Waals surface area contributed by atoms with Crippen LogP contribution in [0.25, 0.3) is 16.6 Å². The minimum absolute atomic E-state index is 0.163. The number of hydrogen-bond acceptors (Lipinski definition) is 13. The summed E-state index contributed by atoms with van der Waals surface area (Å²) in [5, 5.41) is 0. The van der Waals surface area contributed by atoms with Gasteiger partial charge in [-0.1, -0.05) is 54.6 Å². The molecule has 0 radical (unpaired) electrons. The van der Waals surface area contributed by atoms with E-state index in [1.54, 1.807) is 91.0 Å². The first kappa shape index (κ1) is 42.0. The molecule has 0 unspecified atom stereocenters. The molecule has 0 aromatic heterocycles. The fourth-order valence-corrected chi connectivity index (χ4v) is 4.18. The molecule has 0 aliphatic rings. The molecular weight excluding hydrogens is 722 g/mol. The van der Waals surface area contributed by atoms with Crippen molar-refractivity contribution in [2.24, 2.45) is 0 Å². The van der Waals surface area contributed by atoms with Crippen molar-refractivity contribution >= 4 is 52.4 Å². The van der Waals surface area contributed by atoms with Crippen molar-refractivity contribution in [3.05, 3.63) is 108 Å². The van der Waals surface area contributed by atoms with E-state index < -0.39 is 92.0 Å². The van der Waals surface area contributed by atoms with E-state index in [1.807, 2.05) is 0 Å². The minimum Gasteiger partial charge on any atom is -0.485 e. The first-order chi connectivity index (χ1) is 26.7. The average Bonchev–Trinajstić information content (AvgIpc) is 3.20. The normalized spacial score (nSPS) is 9.98. The molecule has 0 heterocycles. The van der Waals surface area contributed by atoms with Gasteiger partial charge < -0.3 is 45.0 Å². The average molecular weight is 756 g/mol. The van der Waals surface area contributed by atoms with E-state index in [2.05, 4.69) is 14.4 Å². The van der Waals surface area contributed by atoms with Crippen LogP contribution in [0.5, 0.6) is 17.2 Å². The standard InChI is InChI=1S/C36H33N7O12/c37-40-31(28(44)22-53-25-10-4-1-5-11-25)34(47)50-19-16-43(17-20-51-35(48)32(41-38)29(45)23-54-26-12-6-2-7-13-26)18-21-52-36(49)33(42-39)30(46)24-55-27-14-8-3-9-15-27/h1-15H,16-24H2. The fourth-order valence-electron chi connectivity index (χ4n) is 4.18. The maximum atomic E-state index is 12.5. The number of para-hydroxylation sites is 3. The van der Waals surface area contributed by atoms with E-state index in [-0.39, 0.29) is 19.6 Å². The van der Waals surface area contributed by atoms with Crippen LogP contribution in [-0.2, 0) is 43.0 Å². The quantitative estimate of drug-likeness (QED) is 0.0307. The molecule has 0 aliphatic heterocycles. The van der Waals surface area contributed by atoms with Crippen molar-refractivity contribution in [3.63, 3.8) is 0 Å². The topological polar surface area (TPSA) is 270 Å². The lowest BCUT2D eigenvalue weighted by Gasteiger charge is -2.21. The van der Waals surface area contributed by atoms with Crippen molar-refractivity contribution in [1.82, 2.24) is 4.90 Å². The molecule has 55 heavy (non-hydrogen) atoms. The first-order valence-electron chi connectivity index (χ1n) is 16.2. The zero-order chi connectivity index (χ0) is 39.8. The molecule has 3 rings (SSSR count). The minimum atomic E-state index is -1.29. The molecule has 3 aromatic rings. The highest BCUT2D eigenvalue weighted by Gasteiger charge is 2.34. The number of nitrogens with zero attached hydrogens (tertiary/aromatic N) is 7. The molecule has 0 N–H and O–H groups in total. The van der Waals surface area contributed by atoms with Crippen molar-refractivity contribution in [3.8, 4) is 17.2 Å². The zero-order valence-electron chi connectivity index (χ0n) is 29.1. The smallest absolute Gasteiger partial charge is 0.445 e. The number of carbonyl (C=O) groups excluding carboxylic acids is 6. The highest BCUT2D eigenvalue weighted by molar-refractivity contribution is 6.63. The van der Waals surface area contributed by atoms with Crippen LogP contribution in [0, 0.1) is 0 Å². The molecule has 19 heteroatoms. The van der Waals surface area contributed by atoms with Gasteiger partial charge in [0.25, 0.3) is 17.3 Å². The van der Waals surface area contributed by atoms with E-state index >= 15 is 0 Å². The second-order valence-electron chi connectivity index (χ2n) is 10.7. The Morgan fingerprint density at radius 3 is 0.927 bits per heavy atom. The summed E-state index contributed by atoms with van der Waals surface area (Å²) in [7, 11) is 0. The van der Waals surface area contributed by atoms with Gasteiger partial charge in [0, 0.05) is 19.6 Å². The number of hydrogen-bond donors (Lipinski definition) is 0. The highest BCUT2D eigenvalue weighted by Crippen LogP contribution is 2.10. The van der Waals surface area contributed by atoms with Crippen LogP contribution in [-0.4, -0.2) is 131 Å². The van der Waals surface area contributed by atoms with Crippen molar-refractivity contribution in [1.29, 1.82) is 0 Å². The Morgan fingerprint density at radius 2 is 0.691 bits per heavy atom. The van der Waals surface area contributed by atoms with E-state index in [9.17, 15) is 45.4 Å². The predicted molar refractivity (Wildman–Crippen MR) is 186 cm³/mol. The maximum absolute atomic E-state index is 12.5. The van der Waals surface area contributed by atoms with Crippen LogP contribution in [0.3, 0.4) is 0 Å². The number of ether oxygens (including phenoxy) is 6. The Balaban J connectivity index is 1.57. The van der Waals surface area contributed by atoms with Gasteiger partial charge in [-0.25, -0.2) is 14.4 Å². The van der Waals surface area contributed by atoms with Crippen LogP contribution in [0.4, 0.5) is 0 Å². The summed E-state index contributed by atoms with van der Waals surface area (Å²) < 4.78 is 31.0. The summed E-state index contributed by atoms with van der Waals surface area (Å²) in [6.45, 7) is -3.72. The van der Waals surface area contributed by atoms with Crippen LogP contribution >= 0.6 is 0 Å². The van der Waals surface area contributed by atoms with Gasteiger partial charge >= 0.3 is 35.0 Å². The fraction of sp³-hybridized carbons (Fsp3) is 0.250. The molecule has 0 saturated heterocycles. The lowest BCUT2D eigenvalue weighted by atomic mass is 10.2. The molecule has 284 valence electrons. The van der Waals surface area contributed by atoms with E-state index in [1.165, 1.54) is 4.90 Å². The summed E-state index contributed by atoms with van der Waals surface area (Å²) in [6, 6.07) is 24.5. The van der Waals surface area contributed by atoms with Crippen molar-refractivity contribution in [2.75, 3.05) is 59.3 Å². The Morgan fingerprint density at radius 1 is 0.436 bits per heavy atom. The second kappa shape index (κ2) is 23.2. The van der Waals surface area contributed by atoms with Gasteiger partial charge in [-0.15, -0.1) is 0 Å². The van der Waals surface area contributed by atoms with E-state index in [0.717, 1.165) is 0 Å². The van der Waals surface area contributed by atoms with Gasteiger partial charge in [0.1, 0.15) is 37.1 Å². The Kier molecular flexibility index (Phi) is 17.7. The third-order valence-corrected chi connectivity index (χ3v) is 6.93. The molecule has 3 aromatic carbocycles. The summed E-state index contributed by atoms with van der Waals surface area (Å²) in [6.07, 6.45) is 0. The van der Waals surface area contributed by atoms with Crippen LogP contribution in [0.2, 0.25) is 0 Å². The monoisotopic (exact) mass is 755 g/mol. The van der Waals surface area contributed by atoms with Gasteiger partial charge in [0.05, 0.1) is 0 Å². The summed E-state index contributed by atoms with van der Waals surface area (Å²) in [4.78, 5) is 84.5. The first-order valence-corrected chi connectivity index (χ1v) is 16.2. The number of esters is 3. The molecular formula is C36H33N7O12. The van der Waals surface area contributed by atoms with Crippen molar-refractivity contribution in [2.45, 2.75) is 0 Å². The van der Waals surface area contributed by atoms with Crippen LogP contribution in [0.15, 0.2) is 91.0 Å². The summed E-state index contributed by atoms with van der Waals surface area (Å²) in [5.74, 6) is -5.85. The summed E-state index contributed by atoms with van der Waals surface area (Å²) >= 11 is 0. The number of Topliss-reactive ketones (excluding diaryl/α,β-unsaturated/α-hetero) is 3. The lowest BCUT2D eigenvalue weighted by molar-refractivity contribution is -0.143. The SMILES string of the molecule is [N-]=[N+]=C(C(=O)COc1ccccc1)C(=O)OCCN(CCOC(=O)C(=[N+]=[N-])C(=O)COc1ccccc1)CCOC(=O)C(=[N+]=[N-])C(=O)COc1ccccc1. The number of rotatable bonds is 24. The lowest BCUT2D eigenvalue weighted by Crippen LogP contribution is -2.39. The molecule has 0 bridgehead atoms. The van der Waals surface area contributed by atoms with Gasteiger partial charge in [-0.3, -0.25) is 19.3 Å². The Hall–Kier alpha value is -7.42. The van der Waals surface area contributed by atoms with E-state index in [0.29, 0.717) is 17.2 Å². The third kappa shape index (κ3) is 14.6. The summed E-state index contributed by atoms with van der Waals surface area (Å²) in [5.41, 5.74) is 25.0. The molecule has 0 saturated carbocycles. The third-order valence-electron chi connectivity index (χ3n) is 6.93. The maximum Gasteiger partial charge on any atom is 0.445 e. The number of carbonyl (C=O) groups is 6. The van der Waals surface area contributed by atoms with Crippen LogP contribution in [0.1, 0.15) is 0 Å². The molecule has 19 nitrogen and oxygen atoms in total. The molecule has 0 fully saturated rings. The van der Waals surface area contributed by atoms with Gasteiger partial charge in [0.2, 0.25) is 0 Å². The van der Waals surface area contributed by atoms with Gasteiger partial charge in [-0.2, -0.15) is 14.4 Å². The van der Waals surface area contributed by atoms with Crippen LogP contribution < -0.4 is 14.2 Å². The highest BCUT2D eigenvalue weighted by atomic mass is 16.5. The number of ketones is 3. The Bertz CT molecular complexity index is 1750. The molecule has 0 spiro atoms. The molecule has 0 aliphatic carbocycles. The predicted octanol–water partition coefficient (Wildman–Crippen LogP) is 0.875.